The van der Waals surface area contributed by atoms with E-state index in [-0.39, 0.29) is 7.92 Å². The average molecular weight is 342 g/mol. The van der Waals surface area contributed by atoms with E-state index in [0.29, 0.717) is 0 Å². The summed E-state index contributed by atoms with van der Waals surface area (Å²) in [5, 5.41) is 3.24. The molecule has 0 saturated heterocycles. The molecule has 0 heterocycles. The number of hydrogen-bond donors (Lipinski definition) is 0. The largest absolute Gasteiger partial charge is 0.0808 e. The number of allylic oxidation sites excluding steroid dienone is 5. The van der Waals surface area contributed by atoms with E-state index in [1.54, 1.807) is 10.6 Å². The zero-order valence-electron chi connectivity index (χ0n) is 14.4. The van der Waals surface area contributed by atoms with Gasteiger partial charge in [-0.1, -0.05) is 85.0 Å². The van der Waals surface area contributed by atoms with Crippen molar-refractivity contribution < 1.29 is 0 Å². The van der Waals surface area contributed by atoms with Gasteiger partial charge in [0.2, 0.25) is 0 Å². The van der Waals surface area contributed by atoms with E-state index in [0.717, 1.165) is 23.9 Å². The Hall–Kier alpha value is -1.91. The fraction of sp³-hybridized carbons (Fsp3) is 0.250. The van der Waals surface area contributed by atoms with Crippen LogP contribution in [-0.4, -0.2) is 5.66 Å². The molecule has 0 bridgehead atoms. The molecule has 3 aliphatic carbocycles. The van der Waals surface area contributed by atoms with Gasteiger partial charge < -0.3 is 0 Å². The monoisotopic (exact) mass is 342 g/mol. The summed E-state index contributed by atoms with van der Waals surface area (Å²) in [5.74, 6) is 1.51. The third-order valence-corrected chi connectivity index (χ3v) is 8.84. The smallest absolute Gasteiger partial charge is 0.00118 e. The summed E-state index contributed by atoms with van der Waals surface area (Å²) >= 11 is 0. The third kappa shape index (κ3) is 2.83. The molecule has 3 aliphatic rings. The van der Waals surface area contributed by atoms with Gasteiger partial charge in [-0.2, -0.15) is 0 Å². The standard InChI is InChI=1S/C24H23P/c1-2-12-22(13-3-1)25(23-14-18-8-4-5-9-19(18)15-23)24-16-20-10-6-7-11-21(20)17-24/h1-14,20-21,24H,15-17H2. The van der Waals surface area contributed by atoms with Crippen LogP contribution in [0.4, 0.5) is 0 Å². The van der Waals surface area contributed by atoms with Crippen molar-refractivity contribution in [3.8, 4) is 0 Å². The Kier molecular flexibility index (Phi) is 3.95. The van der Waals surface area contributed by atoms with Crippen LogP contribution in [0.25, 0.3) is 6.08 Å². The predicted octanol–water partition coefficient (Wildman–Crippen LogP) is 5.91. The van der Waals surface area contributed by atoms with Gasteiger partial charge >= 0.3 is 0 Å². The fourth-order valence-corrected chi connectivity index (χ4v) is 8.00. The molecule has 0 amide bonds. The van der Waals surface area contributed by atoms with Crippen LogP contribution < -0.4 is 5.30 Å². The van der Waals surface area contributed by atoms with Crippen LogP contribution in [0.1, 0.15) is 24.0 Å². The van der Waals surface area contributed by atoms with Gasteiger partial charge in [0.25, 0.3) is 0 Å². The zero-order chi connectivity index (χ0) is 16.6. The SMILES string of the molecule is C1=CC2CC(P(C3=Cc4ccccc4C3)c3ccccc3)CC2C=C1. The first-order chi connectivity index (χ1) is 12.4. The van der Waals surface area contributed by atoms with Crippen LogP contribution in [-0.2, 0) is 6.42 Å². The van der Waals surface area contributed by atoms with E-state index in [9.17, 15) is 0 Å². The predicted molar refractivity (Wildman–Crippen MR) is 109 cm³/mol. The normalized spacial score (nSPS) is 27.7. The van der Waals surface area contributed by atoms with Gasteiger partial charge in [-0.05, 0) is 66.4 Å². The second-order valence-corrected chi connectivity index (χ2v) is 10.0. The molecule has 1 fully saturated rings. The van der Waals surface area contributed by atoms with Crippen molar-refractivity contribution in [1.29, 1.82) is 0 Å². The molecule has 25 heavy (non-hydrogen) atoms. The van der Waals surface area contributed by atoms with Crippen molar-refractivity contribution in [2.24, 2.45) is 11.8 Å². The van der Waals surface area contributed by atoms with Gasteiger partial charge in [0.15, 0.2) is 0 Å². The molecule has 0 nitrogen and oxygen atoms in total. The van der Waals surface area contributed by atoms with E-state index >= 15 is 0 Å². The maximum atomic E-state index is 2.50. The quantitative estimate of drug-likeness (QED) is 0.608. The van der Waals surface area contributed by atoms with E-state index in [2.05, 4.69) is 85.0 Å². The zero-order valence-corrected chi connectivity index (χ0v) is 15.3. The van der Waals surface area contributed by atoms with Crippen LogP contribution in [0.5, 0.6) is 0 Å². The van der Waals surface area contributed by atoms with Crippen molar-refractivity contribution in [3.63, 3.8) is 0 Å². The van der Waals surface area contributed by atoms with Crippen LogP contribution in [0.3, 0.4) is 0 Å². The lowest BCUT2D eigenvalue weighted by Gasteiger charge is -2.26. The van der Waals surface area contributed by atoms with Gasteiger partial charge in [0, 0.05) is 0 Å². The molecule has 1 heteroatoms. The van der Waals surface area contributed by atoms with Crippen molar-refractivity contribution in [1.82, 2.24) is 0 Å². The van der Waals surface area contributed by atoms with Gasteiger partial charge in [-0.3, -0.25) is 0 Å². The number of rotatable bonds is 3. The highest BCUT2D eigenvalue weighted by molar-refractivity contribution is 7.70. The molecular formula is C24H23P. The lowest BCUT2D eigenvalue weighted by atomic mass is 9.92. The molecule has 1 saturated carbocycles. The fourth-order valence-electron chi connectivity index (χ4n) is 4.76. The second kappa shape index (κ2) is 6.43. The van der Waals surface area contributed by atoms with E-state index in [1.165, 1.54) is 24.0 Å². The lowest BCUT2D eigenvalue weighted by molar-refractivity contribution is 0.552. The minimum atomic E-state index is -0.248. The maximum Gasteiger partial charge on any atom is -0.00118 e. The minimum absolute atomic E-state index is 0.248. The summed E-state index contributed by atoms with van der Waals surface area (Å²) in [5.41, 5.74) is 3.76. The molecule has 124 valence electrons. The van der Waals surface area contributed by atoms with Crippen LogP contribution >= 0.6 is 7.92 Å². The minimum Gasteiger partial charge on any atom is -0.0808 e. The van der Waals surface area contributed by atoms with Gasteiger partial charge in [-0.25, -0.2) is 0 Å². The lowest BCUT2D eigenvalue weighted by Crippen LogP contribution is -2.13. The van der Waals surface area contributed by atoms with E-state index < -0.39 is 0 Å². The van der Waals surface area contributed by atoms with Crippen molar-refractivity contribution in [3.05, 3.63) is 95.3 Å². The van der Waals surface area contributed by atoms with Gasteiger partial charge in [0.05, 0.1) is 0 Å². The first-order valence-electron chi connectivity index (χ1n) is 9.36. The Morgan fingerprint density at radius 2 is 1.44 bits per heavy atom. The van der Waals surface area contributed by atoms with E-state index in [1.807, 2.05) is 0 Å². The van der Waals surface area contributed by atoms with Gasteiger partial charge in [0.1, 0.15) is 0 Å². The summed E-state index contributed by atoms with van der Waals surface area (Å²) in [6, 6.07) is 20.2. The van der Waals surface area contributed by atoms with Crippen LogP contribution in [0.15, 0.2) is 84.2 Å². The second-order valence-electron chi connectivity index (χ2n) is 7.44. The molecule has 3 atom stereocenters. The Labute approximate surface area is 151 Å². The molecule has 0 radical (unpaired) electrons. The molecule has 0 aliphatic heterocycles. The molecule has 3 unspecified atom stereocenters. The number of benzene rings is 2. The Bertz CT molecular complexity index is 839. The highest BCUT2D eigenvalue weighted by Gasteiger charge is 2.38. The Morgan fingerprint density at radius 1 is 0.760 bits per heavy atom. The maximum absolute atomic E-state index is 2.50. The molecule has 2 aromatic rings. The van der Waals surface area contributed by atoms with Crippen LogP contribution in [0.2, 0.25) is 0 Å². The highest BCUT2D eigenvalue weighted by atomic mass is 31.1. The molecule has 5 rings (SSSR count). The van der Waals surface area contributed by atoms with Gasteiger partial charge in [-0.15, -0.1) is 0 Å². The number of hydrogen-bond acceptors (Lipinski definition) is 0. The van der Waals surface area contributed by atoms with Crippen molar-refractivity contribution in [2.75, 3.05) is 0 Å². The summed E-state index contributed by atoms with van der Waals surface area (Å²) in [6.07, 6.45) is 15.7. The van der Waals surface area contributed by atoms with Crippen molar-refractivity contribution >= 4 is 19.3 Å². The highest BCUT2D eigenvalue weighted by Crippen LogP contribution is 2.59. The summed E-state index contributed by atoms with van der Waals surface area (Å²) in [4.78, 5) is 0. The van der Waals surface area contributed by atoms with E-state index in [4.69, 9.17) is 0 Å². The number of fused-ring (bicyclic) bond motifs is 2. The molecular weight excluding hydrogens is 319 g/mol. The Morgan fingerprint density at radius 3 is 2.16 bits per heavy atom. The third-order valence-electron chi connectivity index (χ3n) is 5.92. The molecule has 2 aromatic carbocycles. The van der Waals surface area contributed by atoms with Crippen LogP contribution in [0, 0.1) is 11.8 Å². The van der Waals surface area contributed by atoms with Crippen molar-refractivity contribution in [2.45, 2.75) is 24.9 Å². The summed E-state index contributed by atoms with van der Waals surface area (Å²) in [6.45, 7) is 0. The molecule has 0 spiro atoms. The first kappa shape index (κ1) is 15.4. The summed E-state index contributed by atoms with van der Waals surface area (Å²) in [7, 11) is -0.248. The Balaban J connectivity index is 1.51. The topological polar surface area (TPSA) is 0 Å². The first-order valence-corrected chi connectivity index (χ1v) is 10.8. The summed E-state index contributed by atoms with van der Waals surface area (Å²) < 4.78 is 0. The molecule has 0 aromatic heterocycles. The molecule has 0 N–H and O–H groups in total. The average Bonchev–Trinajstić information content (AvgIpc) is 3.26.